The van der Waals surface area contributed by atoms with Gasteiger partial charge in [0.25, 0.3) is 0 Å². The number of aromatic nitrogens is 1. The van der Waals surface area contributed by atoms with E-state index >= 15 is 0 Å². The van der Waals surface area contributed by atoms with E-state index in [1.807, 2.05) is 6.92 Å². The van der Waals surface area contributed by atoms with Crippen LogP contribution in [0.5, 0.6) is 0 Å². The van der Waals surface area contributed by atoms with E-state index in [4.69, 9.17) is 9.68 Å². The van der Waals surface area contributed by atoms with Gasteiger partial charge in [0.05, 0.1) is 24.2 Å². The summed E-state index contributed by atoms with van der Waals surface area (Å²) in [5, 5.41) is 8.95. The van der Waals surface area contributed by atoms with Gasteiger partial charge in [0.15, 0.2) is 6.39 Å². The predicted molar refractivity (Wildman–Crippen MR) is 59.4 cm³/mol. The lowest BCUT2D eigenvalue weighted by Gasteiger charge is -2.33. The zero-order valence-electron chi connectivity index (χ0n) is 9.81. The van der Waals surface area contributed by atoms with Crippen molar-refractivity contribution in [1.29, 1.82) is 5.26 Å². The molecule has 1 aliphatic heterocycles. The molecule has 86 valence electrons. The van der Waals surface area contributed by atoms with Crippen LogP contribution in [0.25, 0.3) is 0 Å². The Bertz CT molecular complexity index is 393. The molecule has 1 saturated heterocycles. The van der Waals surface area contributed by atoms with Crippen molar-refractivity contribution in [2.75, 3.05) is 13.1 Å². The molecule has 4 heteroatoms. The first-order valence-corrected chi connectivity index (χ1v) is 5.71. The average molecular weight is 219 g/mol. The monoisotopic (exact) mass is 219 g/mol. The zero-order chi connectivity index (χ0) is 11.5. The molecule has 2 unspecified atom stereocenters. The van der Waals surface area contributed by atoms with Gasteiger partial charge in [0.2, 0.25) is 0 Å². The minimum absolute atomic E-state index is 0.215. The number of hydrogen-bond acceptors (Lipinski definition) is 4. The summed E-state index contributed by atoms with van der Waals surface area (Å²) in [4.78, 5) is 6.43. The Hall–Kier alpha value is -1.34. The summed E-state index contributed by atoms with van der Waals surface area (Å²) in [7, 11) is 0. The number of likely N-dealkylation sites (tertiary alicyclic amines) is 1. The first kappa shape index (κ1) is 11.2. The van der Waals surface area contributed by atoms with E-state index in [-0.39, 0.29) is 5.92 Å². The van der Waals surface area contributed by atoms with Crippen molar-refractivity contribution in [3.8, 4) is 6.07 Å². The molecule has 1 aromatic rings. The van der Waals surface area contributed by atoms with Crippen LogP contribution in [-0.4, -0.2) is 23.0 Å². The number of aryl methyl sites for hydroxylation is 1. The molecule has 0 spiro atoms. The molecular weight excluding hydrogens is 202 g/mol. The maximum Gasteiger partial charge on any atom is 0.181 e. The Balaban J connectivity index is 1.94. The number of nitrogens with zero attached hydrogens (tertiary/aromatic N) is 3. The Morgan fingerprint density at radius 1 is 1.69 bits per heavy atom. The molecular formula is C12H17N3O. The zero-order valence-corrected chi connectivity index (χ0v) is 9.81. The average Bonchev–Trinajstić information content (AvgIpc) is 2.65. The SMILES string of the molecule is Cc1ncoc1CN1CCC(C#N)C(C)C1. The highest BCUT2D eigenvalue weighted by Gasteiger charge is 2.26. The lowest BCUT2D eigenvalue weighted by atomic mass is 9.88. The van der Waals surface area contributed by atoms with Gasteiger partial charge in [-0.15, -0.1) is 0 Å². The van der Waals surface area contributed by atoms with Crippen molar-refractivity contribution in [2.45, 2.75) is 26.8 Å². The fourth-order valence-electron chi connectivity index (χ4n) is 2.25. The van der Waals surface area contributed by atoms with Gasteiger partial charge in [-0.2, -0.15) is 5.26 Å². The number of piperidine rings is 1. The van der Waals surface area contributed by atoms with Crippen molar-refractivity contribution in [1.82, 2.24) is 9.88 Å². The number of hydrogen-bond donors (Lipinski definition) is 0. The van der Waals surface area contributed by atoms with Crippen LogP contribution >= 0.6 is 0 Å². The second kappa shape index (κ2) is 4.67. The maximum absolute atomic E-state index is 8.95. The number of nitriles is 1. The summed E-state index contributed by atoms with van der Waals surface area (Å²) in [6, 6.07) is 2.38. The van der Waals surface area contributed by atoms with Gasteiger partial charge in [-0.25, -0.2) is 4.98 Å². The summed E-state index contributed by atoms with van der Waals surface area (Å²) in [6.07, 6.45) is 2.46. The van der Waals surface area contributed by atoms with E-state index in [1.54, 1.807) is 0 Å². The highest BCUT2D eigenvalue weighted by atomic mass is 16.3. The fourth-order valence-corrected chi connectivity index (χ4v) is 2.25. The Morgan fingerprint density at radius 3 is 3.06 bits per heavy atom. The van der Waals surface area contributed by atoms with Gasteiger partial charge < -0.3 is 4.42 Å². The largest absolute Gasteiger partial charge is 0.447 e. The summed E-state index contributed by atoms with van der Waals surface area (Å²) < 4.78 is 5.34. The molecule has 2 atom stereocenters. The van der Waals surface area contributed by atoms with Crippen molar-refractivity contribution < 1.29 is 4.42 Å². The van der Waals surface area contributed by atoms with Crippen molar-refractivity contribution in [3.05, 3.63) is 17.8 Å². The Labute approximate surface area is 95.9 Å². The third kappa shape index (κ3) is 2.25. The second-order valence-corrected chi connectivity index (χ2v) is 4.60. The quantitative estimate of drug-likeness (QED) is 0.763. The molecule has 16 heavy (non-hydrogen) atoms. The van der Waals surface area contributed by atoms with Gasteiger partial charge in [0, 0.05) is 6.54 Å². The van der Waals surface area contributed by atoms with Gasteiger partial charge in [0.1, 0.15) is 5.76 Å². The molecule has 0 aliphatic carbocycles. The standard InChI is InChI=1S/C12H17N3O/c1-9-6-15(4-3-11(9)5-13)7-12-10(2)14-8-16-12/h8-9,11H,3-4,6-7H2,1-2H3. The molecule has 4 nitrogen and oxygen atoms in total. The second-order valence-electron chi connectivity index (χ2n) is 4.60. The lowest BCUT2D eigenvalue weighted by Crippen LogP contribution is -2.38. The van der Waals surface area contributed by atoms with E-state index in [9.17, 15) is 0 Å². The lowest BCUT2D eigenvalue weighted by molar-refractivity contribution is 0.138. The highest BCUT2D eigenvalue weighted by molar-refractivity contribution is 5.04. The molecule has 1 aromatic heterocycles. The summed E-state index contributed by atoms with van der Waals surface area (Å²) in [5.41, 5.74) is 0.968. The first-order chi connectivity index (χ1) is 7.70. The topological polar surface area (TPSA) is 53.1 Å². The van der Waals surface area contributed by atoms with Crippen LogP contribution in [0.2, 0.25) is 0 Å². The minimum Gasteiger partial charge on any atom is -0.447 e. The van der Waals surface area contributed by atoms with Crippen LogP contribution in [0.15, 0.2) is 10.8 Å². The van der Waals surface area contributed by atoms with Crippen LogP contribution in [0.4, 0.5) is 0 Å². The van der Waals surface area contributed by atoms with E-state index in [2.05, 4.69) is 22.9 Å². The molecule has 0 amide bonds. The Morgan fingerprint density at radius 2 is 2.50 bits per heavy atom. The third-order valence-corrected chi connectivity index (χ3v) is 3.37. The van der Waals surface area contributed by atoms with E-state index in [0.717, 1.165) is 37.5 Å². The van der Waals surface area contributed by atoms with Crippen LogP contribution in [0.1, 0.15) is 24.8 Å². The van der Waals surface area contributed by atoms with Gasteiger partial charge in [-0.1, -0.05) is 6.92 Å². The molecule has 1 aliphatic rings. The van der Waals surface area contributed by atoms with Crippen LogP contribution < -0.4 is 0 Å². The van der Waals surface area contributed by atoms with E-state index in [0.29, 0.717) is 5.92 Å². The van der Waals surface area contributed by atoms with Crippen molar-refractivity contribution in [2.24, 2.45) is 11.8 Å². The smallest absolute Gasteiger partial charge is 0.181 e. The number of oxazole rings is 1. The summed E-state index contributed by atoms with van der Waals surface area (Å²) in [6.45, 7) is 6.87. The molecule has 0 bridgehead atoms. The normalized spacial score (nSPS) is 26.6. The summed E-state index contributed by atoms with van der Waals surface area (Å²) in [5.74, 6) is 1.61. The fraction of sp³-hybridized carbons (Fsp3) is 0.667. The molecule has 1 fully saturated rings. The van der Waals surface area contributed by atoms with Gasteiger partial charge >= 0.3 is 0 Å². The number of rotatable bonds is 2. The van der Waals surface area contributed by atoms with Crippen LogP contribution in [0.3, 0.4) is 0 Å². The minimum atomic E-state index is 0.215. The molecule has 0 N–H and O–H groups in total. The first-order valence-electron chi connectivity index (χ1n) is 5.71. The molecule has 0 radical (unpaired) electrons. The summed E-state index contributed by atoms with van der Waals surface area (Å²) >= 11 is 0. The highest BCUT2D eigenvalue weighted by Crippen LogP contribution is 2.24. The van der Waals surface area contributed by atoms with Crippen LogP contribution in [0, 0.1) is 30.1 Å². The molecule has 2 rings (SSSR count). The van der Waals surface area contributed by atoms with Gasteiger partial charge in [-0.3, -0.25) is 4.90 Å². The molecule has 0 aromatic carbocycles. The Kier molecular flexibility index (Phi) is 3.25. The predicted octanol–water partition coefficient (Wildman–Crippen LogP) is 1.96. The van der Waals surface area contributed by atoms with Crippen molar-refractivity contribution >= 4 is 0 Å². The maximum atomic E-state index is 8.95. The molecule has 2 heterocycles. The van der Waals surface area contributed by atoms with Crippen LogP contribution in [-0.2, 0) is 6.54 Å². The van der Waals surface area contributed by atoms with E-state index < -0.39 is 0 Å². The van der Waals surface area contributed by atoms with E-state index in [1.165, 1.54) is 6.39 Å². The van der Waals surface area contributed by atoms with Crippen molar-refractivity contribution in [3.63, 3.8) is 0 Å². The van der Waals surface area contributed by atoms with Gasteiger partial charge in [-0.05, 0) is 25.8 Å². The third-order valence-electron chi connectivity index (χ3n) is 3.37. The molecule has 0 saturated carbocycles.